The van der Waals surface area contributed by atoms with E-state index in [0.717, 1.165) is 0 Å². The molecule has 2 amide bonds. The predicted molar refractivity (Wildman–Crippen MR) is 67.4 cm³/mol. The summed E-state index contributed by atoms with van der Waals surface area (Å²) < 4.78 is 1.65. The van der Waals surface area contributed by atoms with Crippen molar-refractivity contribution in [3.8, 4) is 0 Å². The Kier molecular flexibility index (Phi) is 5.77. The molecule has 1 aromatic rings. The van der Waals surface area contributed by atoms with Crippen molar-refractivity contribution in [1.82, 2.24) is 25.4 Å². The van der Waals surface area contributed by atoms with Gasteiger partial charge in [0.15, 0.2) is 0 Å². The molecule has 19 heavy (non-hydrogen) atoms. The first-order chi connectivity index (χ1) is 9.08. The third-order valence-electron chi connectivity index (χ3n) is 2.58. The van der Waals surface area contributed by atoms with Crippen LogP contribution in [-0.2, 0) is 17.9 Å². The van der Waals surface area contributed by atoms with Gasteiger partial charge in [0, 0.05) is 6.54 Å². The summed E-state index contributed by atoms with van der Waals surface area (Å²) in [4.78, 5) is 26.5. The number of amides is 2. The number of nitrogens with one attached hydrogen (secondary N) is 2. The van der Waals surface area contributed by atoms with E-state index in [4.69, 9.17) is 5.11 Å². The van der Waals surface area contributed by atoms with Crippen LogP contribution in [0.3, 0.4) is 0 Å². The van der Waals surface area contributed by atoms with E-state index in [1.54, 1.807) is 4.68 Å². The van der Waals surface area contributed by atoms with Crippen molar-refractivity contribution in [1.29, 1.82) is 0 Å². The summed E-state index contributed by atoms with van der Waals surface area (Å²) >= 11 is 0. The maximum Gasteiger partial charge on any atom is 0.326 e. The quantitative estimate of drug-likeness (QED) is 0.661. The lowest BCUT2D eigenvalue weighted by Gasteiger charge is -2.14. The Morgan fingerprint density at radius 2 is 2.21 bits per heavy atom. The summed E-state index contributed by atoms with van der Waals surface area (Å²) in [5.74, 6) is -0.409. The van der Waals surface area contributed by atoms with Gasteiger partial charge in [-0.2, -0.15) is 5.10 Å². The fourth-order valence-electron chi connectivity index (χ4n) is 1.60. The number of rotatable bonds is 7. The van der Waals surface area contributed by atoms with E-state index >= 15 is 0 Å². The molecule has 0 spiro atoms. The van der Waals surface area contributed by atoms with Crippen LogP contribution < -0.4 is 10.6 Å². The molecule has 0 saturated carbocycles. The first-order valence-electron chi connectivity index (χ1n) is 6.22. The lowest BCUT2D eigenvalue weighted by atomic mass is 10.2. The zero-order valence-electron chi connectivity index (χ0n) is 11.1. The molecular weight excluding hydrogens is 250 g/mol. The van der Waals surface area contributed by atoms with Gasteiger partial charge in [0.25, 0.3) is 0 Å². The standard InChI is InChI=1S/C11H19N5O3/c1-3-5-8(10(17)18)15-11(19)12-6-9-13-7-14-16(9)4-2/h7-8H,3-6H2,1-2H3,(H,17,18)(H2,12,15,19). The van der Waals surface area contributed by atoms with Crippen molar-refractivity contribution in [3.63, 3.8) is 0 Å². The van der Waals surface area contributed by atoms with Crippen LogP contribution in [0.15, 0.2) is 6.33 Å². The highest BCUT2D eigenvalue weighted by atomic mass is 16.4. The molecule has 0 aromatic carbocycles. The van der Waals surface area contributed by atoms with Crippen molar-refractivity contribution >= 4 is 12.0 Å². The fourth-order valence-corrected chi connectivity index (χ4v) is 1.60. The first kappa shape index (κ1) is 14.9. The van der Waals surface area contributed by atoms with Gasteiger partial charge in [-0.15, -0.1) is 0 Å². The second-order valence-electron chi connectivity index (χ2n) is 4.00. The van der Waals surface area contributed by atoms with E-state index in [0.29, 0.717) is 25.2 Å². The molecule has 0 saturated heterocycles. The number of urea groups is 1. The minimum Gasteiger partial charge on any atom is -0.480 e. The van der Waals surface area contributed by atoms with Gasteiger partial charge in [0.2, 0.25) is 0 Å². The molecule has 0 aliphatic rings. The van der Waals surface area contributed by atoms with Crippen molar-refractivity contribution in [2.45, 2.75) is 45.8 Å². The van der Waals surface area contributed by atoms with Crippen LogP contribution in [0.25, 0.3) is 0 Å². The van der Waals surface area contributed by atoms with Crippen LogP contribution in [0, 0.1) is 0 Å². The zero-order chi connectivity index (χ0) is 14.3. The molecule has 8 heteroatoms. The van der Waals surface area contributed by atoms with Crippen LogP contribution in [0.1, 0.15) is 32.5 Å². The molecule has 0 fully saturated rings. The molecule has 8 nitrogen and oxygen atoms in total. The van der Waals surface area contributed by atoms with Crippen molar-refractivity contribution in [2.75, 3.05) is 0 Å². The minimum atomic E-state index is -1.03. The zero-order valence-corrected chi connectivity index (χ0v) is 11.1. The van der Waals surface area contributed by atoms with Gasteiger partial charge in [0.1, 0.15) is 18.2 Å². The third-order valence-corrected chi connectivity index (χ3v) is 2.58. The number of aromatic nitrogens is 3. The molecule has 1 atom stereocenters. The van der Waals surface area contributed by atoms with Crippen molar-refractivity contribution in [3.05, 3.63) is 12.2 Å². The van der Waals surface area contributed by atoms with Crippen LogP contribution in [-0.4, -0.2) is 37.9 Å². The van der Waals surface area contributed by atoms with Gasteiger partial charge in [-0.1, -0.05) is 13.3 Å². The minimum absolute atomic E-state index is 0.206. The van der Waals surface area contributed by atoms with E-state index in [-0.39, 0.29) is 6.54 Å². The Bertz CT molecular complexity index is 432. The number of hydrogen-bond donors (Lipinski definition) is 3. The molecule has 0 bridgehead atoms. The van der Waals surface area contributed by atoms with Gasteiger partial charge < -0.3 is 15.7 Å². The van der Waals surface area contributed by atoms with Gasteiger partial charge in [0.05, 0.1) is 6.54 Å². The summed E-state index contributed by atoms with van der Waals surface area (Å²) in [7, 11) is 0. The van der Waals surface area contributed by atoms with E-state index in [9.17, 15) is 9.59 Å². The monoisotopic (exact) mass is 269 g/mol. The number of nitrogens with zero attached hydrogens (tertiary/aromatic N) is 3. The summed E-state index contributed by atoms with van der Waals surface area (Å²) in [5, 5.41) is 17.9. The SMILES string of the molecule is CCCC(NC(=O)NCc1ncnn1CC)C(=O)O. The molecular formula is C11H19N5O3. The van der Waals surface area contributed by atoms with Crippen LogP contribution in [0.5, 0.6) is 0 Å². The normalized spacial score (nSPS) is 11.9. The van der Waals surface area contributed by atoms with Crippen LogP contribution in [0.4, 0.5) is 4.79 Å². The average Bonchev–Trinajstić information content (AvgIpc) is 2.83. The summed E-state index contributed by atoms with van der Waals surface area (Å²) in [6, 6.07) is -1.39. The number of aryl methyl sites for hydroxylation is 1. The Morgan fingerprint density at radius 3 is 2.79 bits per heavy atom. The molecule has 1 heterocycles. The second-order valence-corrected chi connectivity index (χ2v) is 4.00. The van der Waals surface area contributed by atoms with Gasteiger partial charge in [-0.05, 0) is 13.3 Å². The number of carboxylic acids is 1. The highest BCUT2D eigenvalue weighted by Gasteiger charge is 2.18. The predicted octanol–water partition coefficient (Wildman–Crippen LogP) is 0.350. The van der Waals surface area contributed by atoms with Crippen molar-refractivity contribution in [2.24, 2.45) is 0 Å². The Morgan fingerprint density at radius 1 is 1.47 bits per heavy atom. The lowest BCUT2D eigenvalue weighted by molar-refractivity contribution is -0.139. The van der Waals surface area contributed by atoms with E-state index in [2.05, 4.69) is 20.7 Å². The number of aliphatic carboxylic acids is 1. The Labute approximate surface area is 111 Å². The van der Waals surface area contributed by atoms with Crippen LogP contribution in [0.2, 0.25) is 0 Å². The van der Waals surface area contributed by atoms with E-state index < -0.39 is 18.0 Å². The Balaban J connectivity index is 2.44. The summed E-state index contributed by atoms with van der Waals surface area (Å²) in [5.41, 5.74) is 0. The average molecular weight is 269 g/mol. The second kappa shape index (κ2) is 7.34. The highest BCUT2D eigenvalue weighted by Crippen LogP contribution is 1.97. The largest absolute Gasteiger partial charge is 0.480 e. The number of carbonyl (C=O) groups excluding carboxylic acids is 1. The molecule has 106 valence electrons. The van der Waals surface area contributed by atoms with Gasteiger partial charge in [-0.25, -0.2) is 19.3 Å². The lowest BCUT2D eigenvalue weighted by Crippen LogP contribution is -2.45. The number of hydrogen-bond acceptors (Lipinski definition) is 4. The molecule has 3 N–H and O–H groups in total. The number of carbonyl (C=O) groups is 2. The molecule has 1 aromatic heterocycles. The maximum absolute atomic E-state index is 11.6. The topological polar surface area (TPSA) is 109 Å². The molecule has 1 unspecified atom stereocenters. The highest BCUT2D eigenvalue weighted by molar-refractivity contribution is 5.82. The fraction of sp³-hybridized carbons (Fsp3) is 0.636. The molecule has 1 rings (SSSR count). The first-order valence-corrected chi connectivity index (χ1v) is 6.22. The summed E-state index contributed by atoms with van der Waals surface area (Å²) in [6.07, 6.45) is 2.49. The van der Waals surface area contributed by atoms with Gasteiger partial charge in [-0.3, -0.25) is 0 Å². The maximum atomic E-state index is 11.6. The van der Waals surface area contributed by atoms with Gasteiger partial charge >= 0.3 is 12.0 Å². The Hall–Kier alpha value is -2.12. The number of carboxylic acid groups (broad SMARTS) is 1. The van der Waals surface area contributed by atoms with Crippen LogP contribution >= 0.6 is 0 Å². The molecule has 0 radical (unpaired) electrons. The molecule has 0 aliphatic carbocycles. The third kappa shape index (κ3) is 4.57. The summed E-state index contributed by atoms with van der Waals surface area (Å²) in [6.45, 7) is 4.64. The smallest absolute Gasteiger partial charge is 0.326 e. The van der Waals surface area contributed by atoms with E-state index in [1.807, 2.05) is 13.8 Å². The van der Waals surface area contributed by atoms with E-state index in [1.165, 1.54) is 6.33 Å². The van der Waals surface area contributed by atoms with Crippen molar-refractivity contribution < 1.29 is 14.7 Å². The molecule has 0 aliphatic heterocycles.